The minimum Gasteiger partial charge on any atom is -0.507 e. The Morgan fingerprint density at radius 1 is 1.23 bits per heavy atom. The van der Waals surface area contributed by atoms with Crippen molar-refractivity contribution in [3.8, 4) is 5.75 Å². The van der Waals surface area contributed by atoms with Gasteiger partial charge in [0.1, 0.15) is 17.3 Å². The van der Waals surface area contributed by atoms with Crippen molar-refractivity contribution in [2.24, 2.45) is 10.2 Å². The van der Waals surface area contributed by atoms with Gasteiger partial charge in [0.05, 0.1) is 5.69 Å². The van der Waals surface area contributed by atoms with E-state index in [1.807, 2.05) is 19.9 Å². The van der Waals surface area contributed by atoms with E-state index in [1.165, 1.54) is 7.05 Å². The quantitative estimate of drug-likeness (QED) is 0.591. The summed E-state index contributed by atoms with van der Waals surface area (Å²) >= 11 is 0. The zero-order chi connectivity index (χ0) is 16.5. The Labute approximate surface area is 128 Å². The van der Waals surface area contributed by atoms with Crippen molar-refractivity contribution >= 4 is 32.3 Å². The van der Waals surface area contributed by atoms with Gasteiger partial charge in [0.2, 0.25) is 0 Å². The van der Waals surface area contributed by atoms with Gasteiger partial charge in [-0.25, -0.2) is 0 Å². The summed E-state index contributed by atoms with van der Waals surface area (Å²) in [6, 6.07) is 5.11. The lowest BCUT2D eigenvalue weighted by molar-refractivity contribution is 0.477. The van der Waals surface area contributed by atoms with Crippen LogP contribution in [0.1, 0.15) is 11.1 Å². The molecule has 118 valence electrons. The van der Waals surface area contributed by atoms with Gasteiger partial charge in [0, 0.05) is 17.8 Å². The second kappa shape index (κ2) is 5.90. The number of benzene rings is 2. The van der Waals surface area contributed by atoms with Crippen molar-refractivity contribution < 1.29 is 18.1 Å². The average molecular weight is 323 g/mol. The highest BCUT2D eigenvalue weighted by Gasteiger charge is 2.14. The molecule has 0 saturated carbocycles. The van der Waals surface area contributed by atoms with Crippen LogP contribution in [-0.2, 0) is 10.1 Å². The minimum atomic E-state index is -4.16. The Kier molecular flexibility index (Phi) is 4.34. The molecule has 22 heavy (non-hydrogen) atoms. The molecular weight excluding hydrogens is 306 g/mol. The standard InChI is InChI=1S/C14H17N3O4S/c1-8-6-11-10(14(18)9(8)2)4-5-12(13(11)17-15-3)16-7-22(19,20)21/h4-6,16,18H,7H2,1-3H3,(H,19,20,21). The van der Waals surface area contributed by atoms with Crippen molar-refractivity contribution in [3.05, 3.63) is 29.3 Å². The Balaban J connectivity index is 2.69. The van der Waals surface area contributed by atoms with E-state index in [2.05, 4.69) is 15.5 Å². The molecule has 2 rings (SSSR count). The number of fused-ring (bicyclic) bond motifs is 1. The molecule has 2 aromatic rings. The van der Waals surface area contributed by atoms with Gasteiger partial charge in [-0.15, -0.1) is 0 Å². The summed E-state index contributed by atoms with van der Waals surface area (Å²) in [5, 5.41) is 21.9. The van der Waals surface area contributed by atoms with E-state index in [-0.39, 0.29) is 5.75 Å². The summed E-state index contributed by atoms with van der Waals surface area (Å²) in [5.41, 5.74) is 2.45. The molecule has 0 aliphatic heterocycles. The van der Waals surface area contributed by atoms with Crippen LogP contribution in [-0.4, -0.2) is 31.0 Å². The van der Waals surface area contributed by atoms with Crippen LogP contribution < -0.4 is 5.32 Å². The van der Waals surface area contributed by atoms with Crippen LogP contribution in [0.3, 0.4) is 0 Å². The van der Waals surface area contributed by atoms with Gasteiger partial charge in [0.15, 0.2) is 0 Å². The molecule has 0 unspecified atom stereocenters. The van der Waals surface area contributed by atoms with Crippen molar-refractivity contribution in [1.29, 1.82) is 0 Å². The number of azo groups is 1. The molecule has 7 nitrogen and oxygen atoms in total. The molecule has 0 atom stereocenters. The van der Waals surface area contributed by atoms with E-state index >= 15 is 0 Å². The highest BCUT2D eigenvalue weighted by molar-refractivity contribution is 7.85. The van der Waals surface area contributed by atoms with E-state index in [0.29, 0.717) is 22.1 Å². The molecule has 0 radical (unpaired) electrons. The first-order valence-electron chi connectivity index (χ1n) is 6.49. The van der Waals surface area contributed by atoms with Crippen LogP contribution in [0.5, 0.6) is 5.75 Å². The normalized spacial score (nSPS) is 12.2. The maximum Gasteiger partial charge on any atom is 0.283 e. The molecule has 0 spiro atoms. The zero-order valence-electron chi connectivity index (χ0n) is 12.5. The SMILES string of the molecule is CN=Nc1c(NCS(=O)(=O)O)ccc2c(O)c(C)c(C)cc12. The molecule has 0 heterocycles. The fourth-order valence-corrected chi connectivity index (χ4v) is 2.53. The topological polar surface area (TPSA) is 111 Å². The zero-order valence-corrected chi connectivity index (χ0v) is 13.3. The van der Waals surface area contributed by atoms with Crippen LogP contribution in [0.4, 0.5) is 11.4 Å². The van der Waals surface area contributed by atoms with Crippen molar-refractivity contribution in [2.45, 2.75) is 13.8 Å². The summed E-state index contributed by atoms with van der Waals surface area (Å²) in [4.78, 5) is 0. The second-order valence-electron chi connectivity index (χ2n) is 4.93. The summed E-state index contributed by atoms with van der Waals surface area (Å²) in [6.45, 7) is 3.68. The highest BCUT2D eigenvalue weighted by atomic mass is 32.2. The van der Waals surface area contributed by atoms with Gasteiger partial charge in [-0.1, -0.05) is 0 Å². The number of nitrogens with zero attached hydrogens (tertiary/aromatic N) is 2. The summed E-state index contributed by atoms with van der Waals surface area (Å²) in [6.07, 6.45) is 0. The Morgan fingerprint density at radius 2 is 1.91 bits per heavy atom. The van der Waals surface area contributed by atoms with Crippen molar-refractivity contribution in [2.75, 3.05) is 18.2 Å². The maximum absolute atomic E-state index is 10.9. The molecule has 0 aromatic heterocycles. The summed E-state index contributed by atoms with van der Waals surface area (Å²) < 4.78 is 30.6. The number of aryl methyl sites for hydroxylation is 1. The predicted octanol–water partition coefficient (Wildman–Crippen LogP) is 3.13. The monoisotopic (exact) mass is 323 g/mol. The van der Waals surface area contributed by atoms with Gasteiger partial charge >= 0.3 is 0 Å². The molecular formula is C14H17N3O4S. The van der Waals surface area contributed by atoms with Gasteiger partial charge in [-0.3, -0.25) is 4.55 Å². The number of rotatable bonds is 4. The fourth-order valence-electron chi connectivity index (χ4n) is 2.19. The molecule has 3 N–H and O–H groups in total. The molecule has 8 heteroatoms. The number of aromatic hydroxyl groups is 1. The van der Waals surface area contributed by atoms with E-state index in [4.69, 9.17) is 4.55 Å². The van der Waals surface area contributed by atoms with Crippen LogP contribution >= 0.6 is 0 Å². The Bertz CT molecular complexity index is 860. The average Bonchev–Trinajstić information content (AvgIpc) is 2.43. The molecule has 0 fully saturated rings. The molecule has 0 aliphatic carbocycles. The molecule has 0 saturated heterocycles. The van der Waals surface area contributed by atoms with E-state index in [0.717, 1.165) is 11.1 Å². The van der Waals surface area contributed by atoms with E-state index < -0.39 is 16.0 Å². The summed E-state index contributed by atoms with van der Waals surface area (Å²) in [7, 11) is -2.67. The highest BCUT2D eigenvalue weighted by Crippen LogP contribution is 2.40. The summed E-state index contributed by atoms with van der Waals surface area (Å²) in [5.74, 6) is -0.481. The molecule has 0 bridgehead atoms. The third-order valence-corrected chi connectivity index (χ3v) is 3.93. The smallest absolute Gasteiger partial charge is 0.283 e. The molecule has 0 aliphatic rings. The van der Waals surface area contributed by atoms with Crippen LogP contribution in [0.25, 0.3) is 10.8 Å². The maximum atomic E-state index is 10.9. The number of phenolic OH excluding ortho intramolecular Hbond substituents is 1. The lowest BCUT2D eigenvalue weighted by Gasteiger charge is -2.13. The third kappa shape index (κ3) is 3.18. The number of nitrogens with one attached hydrogen (secondary N) is 1. The Hall–Kier alpha value is -2.19. The first-order valence-corrected chi connectivity index (χ1v) is 8.10. The lowest BCUT2D eigenvalue weighted by atomic mass is 9.99. The van der Waals surface area contributed by atoms with E-state index in [9.17, 15) is 13.5 Å². The van der Waals surface area contributed by atoms with Gasteiger partial charge in [-0.05, 0) is 43.2 Å². The Morgan fingerprint density at radius 3 is 2.50 bits per heavy atom. The van der Waals surface area contributed by atoms with Crippen molar-refractivity contribution in [3.63, 3.8) is 0 Å². The van der Waals surface area contributed by atoms with Crippen LogP contribution in [0, 0.1) is 13.8 Å². The van der Waals surface area contributed by atoms with Gasteiger partial charge in [-0.2, -0.15) is 18.6 Å². The van der Waals surface area contributed by atoms with Gasteiger partial charge in [0.25, 0.3) is 10.1 Å². The number of hydrogen-bond donors (Lipinski definition) is 3. The van der Waals surface area contributed by atoms with Crippen LogP contribution in [0.2, 0.25) is 0 Å². The number of hydrogen-bond acceptors (Lipinski definition) is 6. The number of anilines is 1. The fraction of sp³-hybridized carbons (Fsp3) is 0.286. The van der Waals surface area contributed by atoms with Crippen LogP contribution in [0.15, 0.2) is 28.4 Å². The van der Waals surface area contributed by atoms with Crippen molar-refractivity contribution in [1.82, 2.24) is 0 Å². The second-order valence-corrected chi connectivity index (χ2v) is 6.38. The van der Waals surface area contributed by atoms with E-state index in [1.54, 1.807) is 12.1 Å². The molecule has 2 aromatic carbocycles. The first kappa shape index (κ1) is 16.2. The first-order chi connectivity index (χ1) is 10.2. The largest absolute Gasteiger partial charge is 0.507 e. The molecule has 0 amide bonds. The number of phenols is 1. The predicted molar refractivity (Wildman–Crippen MR) is 85.6 cm³/mol. The lowest BCUT2D eigenvalue weighted by Crippen LogP contribution is -2.13. The third-order valence-electron chi connectivity index (χ3n) is 3.42. The minimum absolute atomic E-state index is 0.156. The van der Waals surface area contributed by atoms with Gasteiger partial charge < -0.3 is 10.4 Å².